The number of ether oxygens (including phenoxy) is 1. The lowest BCUT2D eigenvalue weighted by Gasteiger charge is -2.41. The minimum atomic E-state index is -0.937. The van der Waals surface area contributed by atoms with Gasteiger partial charge in [0, 0.05) is 0 Å². The summed E-state index contributed by atoms with van der Waals surface area (Å²) in [6.45, 7) is 7.72. The summed E-state index contributed by atoms with van der Waals surface area (Å²) in [5, 5.41) is 5.76. The van der Waals surface area contributed by atoms with E-state index < -0.39 is 17.2 Å². The summed E-state index contributed by atoms with van der Waals surface area (Å²) >= 11 is 0. The van der Waals surface area contributed by atoms with Crippen LogP contribution >= 0.6 is 0 Å². The topological polar surface area (TPSA) is 80.6 Å². The first kappa shape index (κ1) is 18.4. The largest absolute Gasteiger partial charge is 0.467 e. The molecule has 1 aromatic rings. The molecule has 1 fully saturated rings. The van der Waals surface area contributed by atoms with Crippen LogP contribution in [0.2, 0.25) is 0 Å². The fourth-order valence-electron chi connectivity index (χ4n) is 3.15. The van der Waals surface area contributed by atoms with E-state index in [1.807, 2.05) is 6.92 Å². The van der Waals surface area contributed by atoms with Crippen LogP contribution in [0.25, 0.3) is 0 Å². The van der Waals surface area contributed by atoms with Gasteiger partial charge in [0.2, 0.25) is 5.91 Å². The summed E-state index contributed by atoms with van der Waals surface area (Å²) in [6, 6.07) is 3.58. The van der Waals surface area contributed by atoms with E-state index in [9.17, 15) is 9.59 Å². The summed E-state index contributed by atoms with van der Waals surface area (Å²) in [5.74, 6) is 0.534. The van der Waals surface area contributed by atoms with Crippen molar-refractivity contribution in [2.75, 3.05) is 0 Å². The lowest BCUT2D eigenvalue weighted by atomic mass is 9.73. The van der Waals surface area contributed by atoms with E-state index in [1.165, 1.54) is 0 Å². The van der Waals surface area contributed by atoms with Crippen LogP contribution in [0, 0.1) is 5.92 Å². The van der Waals surface area contributed by atoms with E-state index >= 15 is 0 Å². The lowest BCUT2D eigenvalue weighted by Crippen LogP contribution is -2.63. The molecule has 0 aromatic carbocycles. The SMILES string of the molecule is C[C@@H]1CCCC[C@]1(NC(=O)OC(C)(C)C)C(=O)NCc1ccco1. The van der Waals surface area contributed by atoms with E-state index in [4.69, 9.17) is 9.15 Å². The summed E-state index contributed by atoms with van der Waals surface area (Å²) < 4.78 is 10.6. The molecule has 2 N–H and O–H groups in total. The molecule has 1 heterocycles. The molecular weight excluding hydrogens is 308 g/mol. The normalized spacial score (nSPS) is 24.2. The Hall–Kier alpha value is -1.98. The number of carbonyl (C=O) groups excluding carboxylic acids is 2. The van der Waals surface area contributed by atoms with Crippen molar-refractivity contribution < 1.29 is 18.7 Å². The number of alkyl carbamates (subject to hydrolysis) is 1. The van der Waals surface area contributed by atoms with Gasteiger partial charge in [-0.15, -0.1) is 0 Å². The number of hydrogen-bond acceptors (Lipinski definition) is 4. The van der Waals surface area contributed by atoms with E-state index in [1.54, 1.807) is 39.2 Å². The molecule has 1 aromatic heterocycles. The highest BCUT2D eigenvalue weighted by Crippen LogP contribution is 2.34. The summed E-state index contributed by atoms with van der Waals surface area (Å²) in [5.41, 5.74) is -1.54. The highest BCUT2D eigenvalue weighted by molar-refractivity contribution is 5.90. The summed E-state index contributed by atoms with van der Waals surface area (Å²) in [7, 11) is 0. The van der Waals surface area contributed by atoms with Crippen molar-refractivity contribution in [2.45, 2.75) is 71.1 Å². The smallest absolute Gasteiger partial charge is 0.408 e. The van der Waals surface area contributed by atoms with Crippen molar-refractivity contribution in [2.24, 2.45) is 5.92 Å². The van der Waals surface area contributed by atoms with Crippen LogP contribution in [0.4, 0.5) is 4.79 Å². The third-order valence-electron chi connectivity index (χ3n) is 4.43. The minimum Gasteiger partial charge on any atom is -0.467 e. The Morgan fingerprint density at radius 1 is 1.38 bits per heavy atom. The van der Waals surface area contributed by atoms with Gasteiger partial charge < -0.3 is 19.8 Å². The molecule has 0 spiro atoms. The van der Waals surface area contributed by atoms with Gasteiger partial charge in [0.15, 0.2) is 0 Å². The van der Waals surface area contributed by atoms with E-state index in [2.05, 4.69) is 10.6 Å². The quantitative estimate of drug-likeness (QED) is 0.883. The Morgan fingerprint density at radius 2 is 2.12 bits per heavy atom. The van der Waals surface area contributed by atoms with E-state index in [0.717, 1.165) is 19.3 Å². The van der Waals surface area contributed by atoms with Gasteiger partial charge in [0.1, 0.15) is 16.9 Å². The van der Waals surface area contributed by atoms with Crippen LogP contribution in [0.15, 0.2) is 22.8 Å². The van der Waals surface area contributed by atoms with Gasteiger partial charge in [-0.2, -0.15) is 0 Å². The molecule has 0 saturated heterocycles. The summed E-state index contributed by atoms with van der Waals surface area (Å²) in [6.07, 6.45) is 4.48. The Morgan fingerprint density at radius 3 is 2.71 bits per heavy atom. The van der Waals surface area contributed by atoms with Crippen molar-refractivity contribution in [3.8, 4) is 0 Å². The first-order chi connectivity index (χ1) is 11.2. The third-order valence-corrected chi connectivity index (χ3v) is 4.43. The zero-order valence-corrected chi connectivity index (χ0v) is 15.0. The molecule has 0 bridgehead atoms. The number of nitrogens with one attached hydrogen (secondary N) is 2. The van der Waals surface area contributed by atoms with E-state index in [0.29, 0.717) is 18.7 Å². The Bertz CT molecular complexity index is 562. The molecule has 2 atom stereocenters. The third kappa shape index (κ3) is 4.52. The predicted octanol–water partition coefficient (Wildman–Crippen LogP) is 3.37. The van der Waals surface area contributed by atoms with Gasteiger partial charge in [0.25, 0.3) is 0 Å². The molecule has 0 radical (unpaired) electrons. The van der Waals surface area contributed by atoms with Gasteiger partial charge in [0.05, 0.1) is 12.8 Å². The molecule has 1 aliphatic carbocycles. The fraction of sp³-hybridized carbons (Fsp3) is 0.667. The molecule has 2 amide bonds. The highest BCUT2D eigenvalue weighted by Gasteiger charge is 2.46. The minimum absolute atomic E-state index is 0.0374. The fourth-order valence-corrected chi connectivity index (χ4v) is 3.15. The second-order valence-electron chi connectivity index (χ2n) is 7.51. The molecule has 24 heavy (non-hydrogen) atoms. The first-order valence-corrected chi connectivity index (χ1v) is 8.55. The lowest BCUT2D eigenvalue weighted by molar-refractivity contribution is -0.131. The van der Waals surface area contributed by atoms with Crippen molar-refractivity contribution >= 4 is 12.0 Å². The number of hydrogen-bond donors (Lipinski definition) is 2. The van der Waals surface area contributed by atoms with Gasteiger partial charge in [-0.3, -0.25) is 4.79 Å². The molecular formula is C18H28N2O4. The molecule has 134 valence electrons. The molecule has 0 unspecified atom stereocenters. The zero-order chi connectivity index (χ0) is 17.8. The maximum atomic E-state index is 12.9. The first-order valence-electron chi connectivity index (χ1n) is 8.55. The Balaban J connectivity index is 2.10. The predicted molar refractivity (Wildman–Crippen MR) is 90.3 cm³/mol. The highest BCUT2D eigenvalue weighted by atomic mass is 16.6. The maximum Gasteiger partial charge on any atom is 0.408 e. The summed E-state index contributed by atoms with van der Waals surface area (Å²) in [4.78, 5) is 25.2. The average molecular weight is 336 g/mol. The van der Waals surface area contributed by atoms with Crippen molar-refractivity contribution in [1.82, 2.24) is 10.6 Å². The maximum absolute atomic E-state index is 12.9. The second kappa shape index (κ2) is 7.28. The second-order valence-corrected chi connectivity index (χ2v) is 7.51. The van der Waals surface area contributed by atoms with Crippen LogP contribution < -0.4 is 10.6 Å². The van der Waals surface area contributed by atoms with Crippen LogP contribution in [0.5, 0.6) is 0 Å². The molecule has 6 nitrogen and oxygen atoms in total. The number of amides is 2. The number of carbonyl (C=O) groups is 2. The van der Waals surface area contributed by atoms with Gasteiger partial charge in [-0.25, -0.2) is 4.79 Å². The molecule has 0 aliphatic heterocycles. The molecule has 6 heteroatoms. The monoisotopic (exact) mass is 336 g/mol. The zero-order valence-electron chi connectivity index (χ0n) is 15.0. The van der Waals surface area contributed by atoms with E-state index in [-0.39, 0.29) is 11.8 Å². The van der Waals surface area contributed by atoms with Crippen LogP contribution in [0.3, 0.4) is 0 Å². The van der Waals surface area contributed by atoms with Crippen molar-refractivity contribution in [1.29, 1.82) is 0 Å². The van der Waals surface area contributed by atoms with Crippen molar-refractivity contribution in [3.63, 3.8) is 0 Å². The van der Waals surface area contributed by atoms with Crippen LogP contribution in [0.1, 0.15) is 59.1 Å². The Kier molecular flexibility index (Phi) is 5.57. The van der Waals surface area contributed by atoms with Gasteiger partial charge >= 0.3 is 6.09 Å². The Labute approximate surface area is 143 Å². The van der Waals surface area contributed by atoms with Crippen LogP contribution in [-0.4, -0.2) is 23.1 Å². The van der Waals surface area contributed by atoms with Gasteiger partial charge in [-0.1, -0.05) is 19.8 Å². The standard InChI is InChI=1S/C18H28N2O4/c1-13-8-5-6-10-18(13,20-16(22)24-17(2,3)4)15(21)19-12-14-9-7-11-23-14/h7,9,11,13H,5-6,8,10,12H2,1-4H3,(H,19,21)(H,20,22)/t13-,18-/m1/s1. The van der Waals surface area contributed by atoms with Crippen molar-refractivity contribution in [3.05, 3.63) is 24.2 Å². The average Bonchev–Trinajstić information content (AvgIpc) is 2.98. The van der Waals surface area contributed by atoms with Gasteiger partial charge in [-0.05, 0) is 51.7 Å². The molecule has 1 aliphatic rings. The van der Waals surface area contributed by atoms with Crippen LogP contribution in [-0.2, 0) is 16.1 Å². The number of rotatable bonds is 4. The molecule has 1 saturated carbocycles. The number of furan rings is 1. The molecule has 2 rings (SSSR count).